The van der Waals surface area contributed by atoms with Crippen molar-refractivity contribution in [3.05, 3.63) is 44.1 Å². The standard InChI is InChI=1S/C14H14Br2N2O2/c1-8-4-11(15)6-12(16)14(8)20-7-13(19)18-10(3)5-9(2)17-18/h4-6H,7H2,1-3H3. The number of aryl methyl sites for hydroxylation is 3. The number of benzene rings is 1. The van der Waals surface area contributed by atoms with Gasteiger partial charge in [-0.05, 0) is 60.5 Å². The average Bonchev–Trinajstić information content (AvgIpc) is 2.66. The van der Waals surface area contributed by atoms with Crippen molar-refractivity contribution >= 4 is 37.8 Å². The van der Waals surface area contributed by atoms with Crippen LogP contribution in [0, 0.1) is 20.8 Å². The van der Waals surface area contributed by atoms with Gasteiger partial charge >= 0.3 is 0 Å². The van der Waals surface area contributed by atoms with Gasteiger partial charge in [0.15, 0.2) is 6.61 Å². The summed E-state index contributed by atoms with van der Waals surface area (Å²) >= 11 is 6.84. The van der Waals surface area contributed by atoms with Crippen molar-refractivity contribution in [1.29, 1.82) is 0 Å². The predicted molar refractivity (Wildman–Crippen MR) is 84.4 cm³/mol. The summed E-state index contributed by atoms with van der Waals surface area (Å²) in [5.41, 5.74) is 2.58. The second kappa shape index (κ2) is 6.10. The lowest BCUT2D eigenvalue weighted by atomic mass is 10.2. The highest BCUT2D eigenvalue weighted by molar-refractivity contribution is 9.11. The van der Waals surface area contributed by atoms with Gasteiger partial charge in [0.25, 0.3) is 5.91 Å². The predicted octanol–water partition coefficient (Wildman–Crippen LogP) is 4.05. The Hall–Kier alpha value is -1.14. The first-order chi connectivity index (χ1) is 9.38. The molecule has 0 saturated carbocycles. The molecule has 4 nitrogen and oxygen atoms in total. The van der Waals surface area contributed by atoms with E-state index in [1.54, 1.807) is 0 Å². The van der Waals surface area contributed by atoms with Crippen LogP contribution in [0.25, 0.3) is 0 Å². The Bertz CT molecular complexity index is 642. The van der Waals surface area contributed by atoms with Crippen LogP contribution in [0.2, 0.25) is 0 Å². The third-order valence-electron chi connectivity index (χ3n) is 2.78. The normalized spacial score (nSPS) is 10.7. The van der Waals surface area contributed by atoms with E-state index in [1.165, 1.54) is 4.68 Å². The van der Waals surface area contributed by atoms with Crippen LogP contribution in [0.5, 0.6) is 5.75 Å². The molecular weight excluding hydrogens is 388 g/mol. The summed E-state index contributed by atoms with van der Waals surface area (Å²) in [5.74, 6) is 0.480. The van der Waals surface area contributed by atoms with Crippen LogP contribution in [-0.2, 0) is 0 Å². The van der Waals surface area contributed by atoms with Gasteiger partial charge in [-0.15, -0.1) is 0 Å². The zero-order valence-electron chi connectivity index (χ0n) is 11.4. The maximum atomic E-state index is 12.1. The van der Waals surface area contributed by atoms with Crippen LogP contribution in [-0.4, -0.2) is 22.3 Å². The molecule has 1 heterocycles. The van der Waals surface area contributed by atoms with Crippen molar-refractivity contribution in [2.24, 2.45) is 0 Å². The molecule has 0 spiro atoms. The number of rotatable bonds is 3. The number of ether oxygens (including phenoxy) is 1. The van der Waals surface area contributed by atoms with E-state index in [2.05, 4.69) is 37.0 Å². The van der Waals surface area contributed by atoms with E-state index in [0.29, 0.717) is 5.75 Å². The molecular formula is C14H14Br2N2O2. The molecule has 0 aliphatic heterocycles. The van der Waals surface area contributed by atoms with E-state index < -0.39 is 0 Å². The van der Waals surface area contributed by atoms with Crippen molar-refractivity contribution in [3.8, 4) is 5.75 Å². The van der Waals surface area contributed by atoms with Crippen LogP contribution in [0.3, 0.4) is 0 Å². The Morgan fingerprint density at radius 2 is 1.95 bits per heavy atom. The second-order valence-corrected chi connectivity index (χ2v) is 6.32. The Labute approximate surface area is 134 Å². The summed E-state index contributed by atoms with van der Waals surface area (Å²) in [6.45, 7) is 5.58. The molecule has 0 N–H and O–H groups in total. The molecule has 1 aromatic heterocycles. The van der Waals surface area contributed by atoms with Crippen molar-refractivity contribution in [1.82, 2.24) is 9.78 Å². The fourth-order valence-corrected chi connectivity index (χ4v) is 3.50. The van der Waals surface area contributed by atoms with Crippen molar-refractivity contribution < 1.29 is 9.53 Å². The lowest BCUT2D eigenvalue weighted by Crippen LogP contribution is -2.22. The molecule has 1 aromatic carbocycles. The summed E-state index contributed by atoms with van der Waals surface area (Å²) in [4.78, 5) is 12.1. The highest BCUT2D eigenvalue weighted by atomic mass is 79.9. The van der Waals surface area contributed by atoms with Crippen LogP contribution >= 0.6 is 31.9 Å². The summed E-state index contributed by atoms with van der Waals surface area (Å²) in [6, 6.07) is 5.68. The van der Waals surface area contributed by atoms with Crippen molar-refractivity contribution in [2.45, 2.75) is 20.8 Å². The Morgan fingerprint density at radius 1 is 1.25 bits per heavy atom. The summed E-state index contributed by atoms with van der Waals surface area (Å²) in [7, 11) is 0. The summed E-state index contributed by atoms with van der Waals surface area (Å²) < 4.78 is 8.77. The topological polar surface area (TPSA) is 44.1 Å². The minimum absolute atomic E-state index is 0.0525. The molecule has 20 heavy (non-hydrogen) atoms. The van der Waals surface area contributed by atoms with Gasteiger partial charge < -0.3 is 4.74 Å². The summed E-state index contributed by atoms with van der Waals surface area (Å²) in [6.07, 6.45) is 0. The first-order valence-corrected chi connectivity index (χ1v) is 7.62. The lowest BCUT2D eigenvalue weighted by Gasteiger charge is -2.11. The van der Waals surface area contributed by atoms with Gasteiger partial charge in [0.1, 0.15) is 5.75 Å². The maximum absolute atomic E-state index is 12.1. The molecule has 6 heteroatoms. The molecule has 0 atom stereocenters. The van der Waals surface area contributed by atoms with Crippen LogP contribution < -0.4 is 4.74 Å². The largest absolute Gasteiger partial charge is 0.482 e. The lowest BCUT2D eigenvalue weighted by molar-refractivity contribution is 0.0817. The molecule has 106 valence electrons. The minimum Gasteiger partial charge on any atom is -0.482 e. The SMILES string of the molecule is Cc1cc(C)n(C(=O)COc2c(C)cc(Br)cc2Br)n1. The molecule has 0 aliphatic rings. The van der Waals surface area contributed by atoms with Gasteiger partial charge in [-0.25, -0.2) is 4.68 Å². The number of carbonyl (C=O) groups excluding carboxylic acids is 1. The number of aromatic nitrogens is 2. The number of hydrogen-bond acceptors (Lipinski definition) is 3. The molecule has 0 bridgehead atoms. The first-order valence-electron chi connectivity index (χ1n) is 6.03. The highest BCUT2D eigenvalue weighted by Crippen LogP contribution is 2.32. The van der Waals surface area contributed by atoms with Gasteiger partial charge in [0.2, 0.25) is 0 Å². The zero-order chi connectivity index (χ0) is 14.9. The Balaban J connectivity index is 2.13. The van der Waals surface area contributed by atoms with Gasteiger partial charge in [0, 0.05) is 10.2 Å². The quantitative estimate of drug-likeness (QED) is 0.779. The molecule has 0 fully saturated rings. The van der Waals surface area contributed by atoms with Gasteiger partial charge in [-0.2, -0.15) is 5.10 Å². The number of carbonyl (C=O) groups is 1. The van der Waals surface area contributed by atoms with Crippen LogP contribution in [0.4, 0.5) is 0 Å². The molecule has 0 radical (unpaired) electrons. The van der Waals surface area contributed by atoms with Gasteiger partial charge in [-0.1, -0.05) is 15.9 Å². The average molecular weight is 402 g/mol. The number of hydrogen-bond donors (Lipinski definition) is 0. The monoisotopic (exact) mass is 400 g/mol. The van der Waals surface area contributed by atoms with E-state index in [-0.39, 0.29) is 12.5 Å². The number of nitrogens with zero attached hydrogens (tertiary/aromatic N) is 2. The third kappa shape index (κ3) is 3.30. The van der Waals surface area contributed by atoms with Crippen LogP contribution in [0.15, 0.2) is 27.1 Å². The fraction of sp³-hybridized carbons (Fsp3) is 0.286. The molecule has 0 amide bonds. The smallest absolute Gasteiger partial charge is 0.284 e. The van der Waals surface area contributed by atoms with Crippen molar-refractivity contribution in [2.75, 3.05) is 6.61 Å². The van der Waals surface area contributed by atoms with E-state index in [1.807, 2.05) is 39.0 Å². The van der Waals surface area contributed by atoms with E-state index in [4.69, 9.17) is 4.74 Å². The van der Waals surface area contributed by atoms with Crippen LogP contribution in [0.1, 0.15) is 21.7 Å². The third-order valence-corrected chi connectivity index (χ3v) is 3.83. The van der Waals surface area contributed by atoms with E-state index in [0.717, 1.165) is 25.9 Å². The summed E-state index contributed by atoms with van der Waals surface area (Å²) in [5, 5.41) is 4.15. The molecule has 0 unspecified atom stereocenters. The minimum atomic E-state index is -0.190. The van der Waals surface area contributed by atoms with Crippen molar-refractivity contribution in [3.63, 3.8) is 0 Å². The first kappa shape index (κ1) is 15.3. The second-order valence-electron chi connectivity index (χ2n) is 4.55. The zero-order valence-corrected chi connectivity index (χ0v) is 14.6. The van der Waals surface area contributed by atoms with Gasteiger partial charge in [-0.3, -0.25) is 4.79 Å². The maximum Gasteiger partial charge on any atom is 0.284 e. The fourth-order valence-electron chi connectivity index (χ4n) is 1.95. The van der Waals surface area contributed by atoms with E-state index in [9.17, 15) is 4.79 Å². The van der Waals surface area contributed by atoms with E-state index >= 15 is 0 Å². The number of halogens is 2. The Morgan fingerprint density at radius 3 is 2.50 bits per heavy atom. The molecule has 2 aromatic rings. The molecule has 0 aliphatic carbocycles. The molecule has 2 rings (SSSR count). The highest BCUT2D eigenvalue weighted by Gasteiger charge is 2.13. The van der Waals surface area contributed by atoms with Gasteiger partial charge in [0.05, 0.1) is 10.2 Å². The Kier molecular flexibility index (Phi) is 4.65. The molecule has 0 saturated heterocycles.